The molecule has 2 heterocycles. The number of carbonyl (C=O) groups excluding carboxylic acids is 2. The lowest BCUT2D eigenvalue weighted by Gasteiger charge is -2.12. The molecule has 12 nitrogen and oxygen atoms in total. The molecular weight excluding hydrogens is 534 g/mol. The third-order valence-corrected chi connectivity index (χ3v) is 6.73. The Labute approximate surface area is 221 Å². The molecule has 0 saturated heterocycles. The summed E-state index contributed by atoms with van der Waals surface area (Å²) in [6.45, 7) is 2.02. The van der Waals surface area contributed by atoms with E-state index in [1.165, 1.54) is 42.8 Å². The van der Waals surface area contributed by atoms with E-state index >= 15 is 0 Å². The molecule has 2 N–H and O–H groups in total. The van der Waals surface area contributed by atoms with Gasteiger partial charge in [0.15, 0.2) is 17.3 Å². The number of anilines is 1. The van der Waals surface area contributed by atoms with E-state index in [0.29, 0.717) is 10.6 Å². The highest BCUT2D eigenvalue weighted by molar-refractivity contribution is 7.87. The first kappa shape index (κ1) is 26.5. The number of ether oxygens (including phenoxy) is 1. The van der Waals surface area contributed by atoms with E-state index in [4.69, 9.17) is 13.3 Å². The van der Waals surface area contributed by atoms with E-state index in [2.05, 4.69) is 26.0 Å². The average molecular weight is 556 g/mol. The second-order valence-electron chi connectivity index (χ2n) is 7.39. The number of nitrogens with one attached hydrogen (secondary N) is 2. The van der Waals surface area contributed by atoms with Crippen LogP contribution in [-0.2, 0) is 21.3 Å². The lowest BCUT2D eigenvalue weighted by Crippen LogP contribution is -2.19. The number of rotatable bonds is 11. The molecule has 4 aromatic rings. The van der Waals surface area contributed by atoms with Gasteiger partial charge in [0.1, 0.15) is 9.90 Å². The van der Waals surface area contributed by atoms with Gasteiger partial charge in [0.05, 0.1) is 25.5 Å². The lowest BCUT2D eigenvalue weighted by atomic mass is 10.2. The molecule has 0 aliphatic heterocycles. The van der Waals surface area contributed by atoms with Gasteiger partial charge in [-0.25, -0.2) is 5.43 Å². The molecule has 0 spiro atoms. The van der Waals surface area contributed by atoms with Crippen LogP contribution in [0.15, 0.2) is 81.3 Å². The number of hydrogen-bond donors (Lipinski definition) is 2. The molecule has 2 aromatic carbocycles. The maximum absolute atomic E-state index is 12.6. The predicted molar refractivity (Wildman–Crippen MR) is 138 cm³/mol. The molecule has 196 valence electrons. The SMILES string of the molecule is CCOc1cc(/C=N\NC(=O)Cc2nnc(NC(=O)c3ccco3)s2)ccc1OS(=O)(=O)c1ccccc1. The first-order valence-electron chi connectivity index (χ1n) is 11.1. The highest BCUT2D eigenvalue weighted by Gasteiger charge is 2.19. The number of furan rings is 1. The summed E-state index contributed by atoms with van der Waals surface area (Å²) in [7, 11) is -4.05. The number of hydrogen-bond acceptors (Lipinski definition) is 11. The van der Waals surface area contributed by atoms with Gasteiger partial charge in [0.25, 0.3) is 5.91 Å². The van der Waals surface area contributed by atoms with E-state index in [-0.39, 0.29) is 40.3 Å². The van der Waals surface area contributed by atoms with Crippen molar-refractivity contribution in [3.63, 3.8) is 0 Å². The molecular formula is C24H21N5O7S2. The second kappa shape index (κ2) is 12.1. The van der Waals surface area contributed by atoms with Crippen LogP contribution in [0, 0.1) is 0 Å². The van der Waals surface area contributed by atoms with Gasteiger partial charge in [-0.3, -0.25) is 14.9 Å². The van der Waals surface area contributed by atoms with Crippen LogP contribution in [0.2, 0.25) is 0 Å². The third kappa shape index (κ3) is 7.02. The Morgan fingerprint density at radius 2 is 1.89 bits per heavy atom. The van der Waals surface area contributed by atoms with Crippen molar-refractivity contribution < 1.29 is 31.3 Å². The molecule has 0 saturated carbocycles. The fraction of sp³-hybridized carbons (Fsp3) is 0.125. The zero-order chi connectivity index (χ0) is 27.0. The largest absolute Gasteiger partial charge is 0.490 e. The average Bonchev–Trinajstić information content (AvgIpc) is 3.59. The fourth-order valence-corrected chi connectivity index (χ4v) is 4.69. The van der Waals surface area contributed by atoms with Crippen molar-refractivity contribution in [2.75, 3.05) is 11.9 Å². The number of nitrogens with zero attached hydrogens (tertiary/aromatic N) is 3. The summed E-state index contributed by atoms with van der Waals surface area (Å²) in [5.74, 6) is -0.602. The van der Waals surface area contributed by atoms with Gasteiger partial charge in [0.2, 0.25) is 11.0 Å². The van der Waals surface area contributed by atoms with E-state index < -0.39 is 21.9 Å². The Morgan fingerprint density at radius 1 is 1.08 bits per heavy atom. The molecule has 0 atom stereocenters. The quantitative estimate of drug-likeness (QED) is 0.161. The van der Waals surface area contributed by atoms with Crippen LogP contribution in [0.4, 0.5) is 5.13 Å². The molecule has 0 aliphatic rings. The minimum Gasteiger partial charge on any atom is -0.490 e. The molecule has 2 aromatic heterocycles. The van der Waals surface area contributed by atoms with Crippen molar-refractivity contribution in [2.45, 2.75) is 18.2 Å². The van der Waals surface area contributed by atoms with Gasteiger partial charge in [-0.15, -0.1) is 10.2 Å². The second-order valence-corrected chi connectivity index (χ2v) is 10.0. The zero-order valence-electron chi connectivity index (χ0n) is 19.9. The number of carbonyl (C=O) groups is 2. The lowest BCUT2D eigenvalue weighted by molar-refractivity contribution is -0.120. The van der Waals surface area contributed by atoms with Gasteiger partial charge < -0.3 is 13.3 Å². The number of hydrazone groups is 1. The smallest absolute Gasteiger partial charge is 0.339 e. The Morgan fingerprint density at radius 3 is 2.63 bits per heavy atom. The van der Waals surface area contributed by atoms with Crippen LogP contribution in [-0.4, -0.2) is 43.3 Å². The van der Waals surface area contributed by atoms with E-state index in [0.717, 1.165) is 11.3 Å². The Balaban J connectivity index is 1.34. The van der Waals surface area contributed by atoms with Gasteiger partial charge >= 0.3 is 10.1 Å². The van der Waals surface area contributed by atoms with Crippen LogP contribution in [0.3, 0.4) is 0 Å². The Bertz CT molecular complexity index is 1540. The van der Waals surface area contributed by atoms with Crippen LogP contribution < -0.4 is 19.7 Å². The molecule has 0 fully saturated rings. The standard InChI is InChI=1S/C24H21N5O7S2/c1-2-34-20-13-16(10-11-18(20)36-38(32,33)17-7-4-3-5-8-17)15-25-27-21(30)14-22-28-29-24(37-22)26-23(31)19-9-6-12-35-19/h3-13,15H,2,14H2,1H3,(H,27,30)(H,26,29,31)/b25-15-. The molecule has 2 amide bonds. The Hall–Kier alpha value is -4.56. The first-order chi connectivity index (χ1) is 18.3. The monoisotopic (exact) mass is 555 g/mol. The summed E-state index contributed by atoms with van der Waals surface area (Å²) in [4.78, 5) is 24.2. The maximum Gasteiger partial charge on any atom is 0.339 e. The molecule has 14 heteroatoms. The minimum atomic E-state index is -4.05. The topological polar surface area (TPSA) is 162 Å². The van der Waals surface area contributed by atoms with Gasteiger partial charge in [-0.1, -0.05) is 29.5 Å². The van der Waals surface area contributed by atoms with Crippen molar-refractivity contribution in [3.05, 3.63) is 83.3 Å². The summed E-state index contributed by atoms with van der Waals surface area (Å²) in [6.07, 6.45) is 2.63. The molecule has 4 rings (SSSR count). The first-order valence-corrected chi connectivity index (χ1v) is 13.3. The predicted octanol–water partition coefficient (Wildman–Crippen LogP) is 3.24. The molecule has 38 heavy (non-hydrogen) atoms. The fourth-order valence-electron chi connectivity index (χ4n) is 2.99. The van der Waals surface area contributed by atoms with Crippen LogP contribution in [0.25, 0.3) is 0 Å². The van der Waals surface area contributed by atoms with E-state index in [9.17, 15) is 18.0 Å². The summed E-state index contributed by atoms with van der Waals surface area (Å²) in [5.41, 5.74) is 2.90. The maximum atomic E-state index is 12.6. The van der Waals surface area contributed by atoms with E-state index in [1.54, 1.807) is 37.3 Å². The van der Waals surface area contributed by atoms with Gasteiger partial charge in [0, 0.05) is 0 Å². The van der Waals surface area contributed by atoms with Crippen LogP contribution >= 0.6 is 11.3 Å². The molecule has 0 unspecified atom stereocenters. The van der Waals surface area contributed by atoms with Crippen LogP contribution in [0.1, 0.15) is 28.0 Å². The van der Waals surface area contributed by atoms with Crippen molar-refractivity contribution in [2.24, 2.45) is 5.10 Å². The number of benzene rings is 2. The summed E-state index contributed by atoms with van der Waals surface area (Å²) in [6, 6.07) is 15.4. The summed E-state index contributed by atoms with van der Waals surface area (Å²) < 4.78 is 40.9. The minimum absolute atomic E-state index is 0.0123. The Kier molecular flexibility index (Phi) is 8.45. The van der Waals surface area contributed by atoms with Gasteiger partial charge in [-0.05, 0) is 55.0 Å². The highest BCUT2D eigenvalue weighted by atomic mass is 32.2. The zero-order valence-corrected chi connectivity index (χ0v) is 21.5. The van der Waals surface area contributed by atoms with Crippen molar-refractivity contribution in [1.29, 1.82) is 0 Å². The molecule has 0 bridgehead atoms. The molecule has 0 radical (unpaired) electrons. The number of amides is 2. The third-order valence-electron chi connectivity index (χ3n) is 4.65. The van der Waals surface area contributed by atoms with Crippen LogP contribution in [0.5, 0.6) is 11.5 Å². The van der Waals surface area contributed by atoms with Crippen molar-refractivity contribution >= 4 is 44.6 Å². The summed E-state index contributed by atoms with van der Waals surface area (Å²) >= 11 is 1.04. The van der Waals surface area contributed by atoms with Crippen molar-refractivity contribution in [1.82, 2.24) is 15.6 Å². The normalized spacial score (nSPS) is 11.3. The van der Waals surface area contributed by atoms with E-state index in [1.807, 2.05) is 0 Å². The summed E-state index contributed by atoms with van der Waals surface area (Å²) in [5, 5.41) is 14.8. The number of aromatic nitrogens is 2. The van der Waals surface area contributed by atoms with Crippen molar-refractivity contribution in [3.8, 4) is 11.5 Å². The highest BCUT2D eigenvalue weighted by Crippen LogP contribution is 2.31. The van der Waals surface area contributed by atoms with Gasteiger partial charge in [-0.2, -0.15) is 13.5 Å². The molecule has 0 aliphatic carbocycles.